The summed E-state index contributed by atoms with van der Waals surface area (Å²) < 4.78 is 37.1. The lowest BCUT2D eigenvalue weighted by Gasteiger charge is -2.17. The van der Waals surface area contributed by atoms with Gasteiger partial charge >= 0.3 is 6.18 Å². The number of benzene rings is 1. The van der Waals surface area contributed by atoms with Gasteiger partial charge in [0.25, 0.3) is 5.69 Å². The fraction of sp³-hybridized carbons (Fsp3) is 0.333. The van der Waals surface area contributed by atoms with Gasteiger partial charge in [0.1, 0.15) is 6.04 Å². The minimum absolute atomic E-state index is 0.274. The Morgan fingerprint density at radius 3 is 2.44 bits per heavy atom. The van der Waals surface area contributed by atoms with Gasteiger partial charge < -0.3 is 5.73 Å². The van der Waals surface area contributed by atoms with E-state index in [2.05, 4.69) is 0 Å². The van der Waals surface area contributed by atoms with Crippen LogP contribution in [-0.2, 0) is 0 Å². The summed E-state index contributed by atoms with van der Waals surface area (Å²) in [6.07, 6.45) is -4.61. The van der Waals surface area contributed by atoms with Gasteiger partial charge in [-0.1, -0.05) is 6.07 Å². The molecule has 0 spiro atoms. The van der Waals surface area contributed by atoms with Crippen LogP contribution < -0.4 is 5.73 Å². The molecule has 0 aromatic heterocycles. The summed E-state index contributed by atoms with van der Waals surface area (Å²) in [7, 11) is 0. The molecule has 0 unspecified atom stereocenters. The average molecular weight is 234 g/mol. The highest BCUT2D eigenvalue weighted by Gasteiger charge is 2.39. The van der Waals surface area contributed by atoms with Crippen LogP contribution in [0, 0.1) is 17.0 Å². The number of non-ortho nitro benzene ring substituents is 1. The summed E-state index contributed by atoms with van der Waals surface area (Å²) in [5, 5.41) is 10.4. The Bertz CT molecular complexity index is 418. The first-order valence-corrected chi connectivity index (χ1v) is 4.30. The van der Waals surface area contributed by atoms with Crippen LogP contribution in [0.2, 0.25) is 0 Å². The van der Waals surface area contributed by atoms with E-state index in [1.165, 1.54) is 13.0 Å². The van der Waals surface area contributed by atoms with Gasteiger partial charge in [-0.05, 0) is 18.1 Å². The van der Waals surface area contributed by atoms with Crippen molar-refractivity contribution in [3.05, 3.63) is 39.4 Å². The van der Waals surface area contributed by atoms with Crippen LogP contribution in [0.4, 0.5) is 18.9 Å². The van der Waals surface area contributed by atoms with E-state index >= 15 is 0 Å². The zero-order valence-electron chi connectivity index (χ0n) is 8.28. The topological polar surface area (TPSA) is 69.2 Å². The lowest BCUT2D eigenvalue weighted by atomic mass is 10.0. The van der Waals surface area contributed by atoms with Crippen LogP contribution in [0.5, 0.6) is 0 Å². The first-order chi connectivity index (χ1) is 7.23. The summed E-state index contributed by atoms with van der Waals surface area (Å²) >= 11 is 0. The second-order valence-corrected chi connectivity index (χ2v) is 3.32. The van der Waals surface area contributed by atoms with Crippen LogP contribution in [0.3, 0.4) is 0 Å². The molecule has 16 heavy (non-hydrogen) atoms. The molecule has 0 radical (unpaired) electrons. The maximum Gasteiger partial charge on any atom is 0.407 e. The maximum absolute atomic E-state index is 12.4. The number of rotatable bonds is 2. The summed E-state index contributed by atoms with van der Waals surface area (Å²) in [4.78, 5) is 9.66. The molecule has 1 rings (SSSR count). The van der Waals surface area contributed by atoms with Gasteiger partial charge in [0.2, 0.25) is 0 Å². The van der Waals surface area contributed by atoms with E-state index in [9.17, 15) is 23.3 Å². The Labute approximate surface area is 89.0 Å². The second-order valence-electron chi connectivity index (χ2n) is 3.32. The highest BCUT2D eigenvalue weighted by atomic mass is 19.4. The van der Waals surface area contributed by atoms with Gasteiger partial charge in [0.15, 0.2) is 0 Å². The lowest BCUT2D eigenvalue weighted by Crippen LogP contribution is -2.29. The molecule has 1 aromatic carbocycles. The third-order valence-electron chi connectivity index (χ3n) is 2.16. The van der Waals surface area contributed by atoms with Crippen LogP contribution in [0.25, 0.3) is 0 Å². The first kappa shape index (κ1) is 12.4. The highest BCUT2D eigenvalue weighted by Crippen LogP contribution is 2.33. The molecule has 0 heterocycles. The smallest absolute Gasteiger partial charge is 0.316 e. The Morgan fingerprint density at radius 2 is 2.00 bits per heavy atom. The normalized spacial score (nSPS) is 13.6. The van der Waals surface area contributed by atoms with Crippen molar-refractivity contribution in [2.24, 2.45) is 5.73 Å². The van der Waals surface area contributed by atoms with Crippen molar-refractivity contribution in [3.63, 3.8) is 0 Å². The molecule has 7 heteroatoms. The van der Waals surface area contributed by atoms with Gasteiger partial charge in [-0.3, -0.25) is 10.1 Å². The van der Waals surface area contributed by atoms with Crippen LogP contribution in [0.1, 0.15) is 17.2 Å². The van der Waals surface area contributed by atoms with Crippen molar-refractivity contribution in [1.82, 2.24) is 0 Å². The number of nitrogens with two attached hydrogens (primary N) is 1. The van der Waals surface area contributed by atoms with Crippen LogP contribution in [-0.4, -0.2) is 11.1 Å². The predicted molar refractivity (Wildman–Crippen MR) is 50.8 cm³/mol. The Morgan fingerprint density at radius 1 is 1.44 bits per heavy atom. The first-order valence-electron chi connectivity index (χ1n) is 4.30. The van der Waals surface area contributed by atoms with E-state index in [1.807, 2.05) is 0 Å². The molecule has 2 N–H and O–H groups in total. The fourth-order valence-corrected chi connectivity index (χ4v) is 1.25. The van der Waals surface area contributed by atoms with Crippen LogP contribution >= 0.6 is 0 Å². The molecule has 0 aliphatic carbocycles. The third-order valence-corrected chi connectivity index (χ3v) is 2.16. The SMILES string of the molecule is Cc1ccc([N+](=O)[O-])cc1[C@@H](N)C(F)(F)F. The van der Waals surface area contributed by atoms with Gasteiger partial charge in [0.05, 0.1) is 4.92 Å². The van der Waals surface area contributed by atoms with Crippen molar-refractivity contribution in [1.29, 1.82) is 0 Å². The number of halogens is 3. The molecular weight excluding hydrogens is 225 g/mol. The Kier molecular flexibility index (Phi) is 3.18. The van der Waals surface area contributed by atoms with Gasteiger partial charge in [-0.2, -0.15) is 13.2 Å². The lowest BCUT2D eigenvalue weighted by molar-refractivity contribution is -0.385. The number of hydrogen-bond donors (Lipinski definition) is 1. The quantitative estimate of drug-likeness (QED) is 0.631. The number of alkyl halides is 3. The zero-order valence-corrected chi connectivity index (χ0v) is 8.28. The van der Waals surface area contributed by atoms with E-state index in [-0.39, 0.29) is 11.1 Å². The average Bonchev–Trinajstić information content (AvgIpc) is 2.15. The monoisotopic (exact) mass is 234 g/mol. The molecule has 4 nitrogen and oxygen atoms in total. The summed E-state index contributed by atoms with van der Waals surface area (Å²) in [6.45, 7) is 1.42. The Hall–Kier alpha value is -1.63. The molecular formula is C9H9F3N2O2. The molecule has 88 valence electrons. The van der Waals surface area contributed by atoms with Crippen molar-refractivity contribution in [3.8, 4) is 0 Å². The molecule has 0 fully saturated rings. The van der Waals surface area contributed by atoms with E-state index < -0.39 is 22.8 Å². The fourth-order valence-electron chi connectivity index (χ4n) is 1.25. The van der Waals surface area contributed by atoms with Gasteiger partial charge in [-0.25, -0.2) is 0 Å². The minimum atomic E-state index is -4.61. The number of nitro benzene ring substituents is 1. The summed E-state index contributed by atoms with van der Waals surface area (Å²) in [5.74, 6) is 0. The number of nitrogens with zero attached hydrogens (tertiary/aromatic N) is 1. The minimum Gasteiger partial charge on any atom is -0.316 e. The third kappa shape index (κ3) is 2.48. The number of nitro groups is 1. The van der Waals surface area contributed by atoms with Crippen molar-refractivity contribution < 1.29 is 18.1 Å². The Balaban J connectivity index is 3.22. The highest BCUT2D eigenvalue weighted by molar-refractivity contribution is 5.41. The van der Waals surface area contributed by atoms with Crippen molar-refractivity contribution >= 4 is 5.69 Å². The molecule has 1 aromatic rings. The standard InChI is InChI=1S/C9H9F3N2O2/c1-5-2-3-6(14(15)16)4-7(5)8(13)9(10,11)12/h2-4,8H,13H2,1H3/t8-/m1/s1. The number of aryl methyl sites for hydroxylation is 1. The predicted octanol–water partition coefficient (Wildman–Crippen LogP) is 2.47. The summed E-state index contributed by atoms with van der Waals surface area (Å²) in [5.41, 5.74) is 4.59. The van der Waals surface area contributed by atoms with Crippen molar-refractivity contribution in [2.45, 2.75) is 19.1 Å². The second kappa shape index (κ2) is 4.09. The van der Waals surface area contributed by atoms with E-state index in [0.29, 0.717) is 0 Å². The van der Waals surface area contributed by atoms with Gasteiger partial charge in [0, 0.05) is 12.1 Å². The molecule has 0 amide bonds. The molecule has 1 atom stereocenters. The zero-order chi connectivity index (χ0) is 12.5. The molecule has 0 bridgehead atoms. The van der Waals surface area contributed by atoms with E-state index in [4.69, 9.17) is 5.73 Å². The van der Waals surface area contributed by atoms with E-state index in [1.54, 1.807) is 0 Å². The van der Waals surface area contributed by atoms with Gasteiger partial charge in [-0.15, -0.1) is 0 Å². The molecule has 0 saturated heterocycles. The van der Waals surface area contributed by atoms with E-state index in [0.717, 1.165) is 12.1 Å². The molecule has 0 aliphatic heterocycles. The molecule has 0 saturated carbocycles. The van der Waals surface area contributed by atoms with Crippen LogP contribution in [0.15, 0.2) is 18.2 Å². The largest absolute Gasteiger partial charge is 0.407 e. The van der Waals surface area contributed by atoms with Crippen molar-refractivity contribution in [2.75, 3.05) is 0 Å². The molecule has 0 aliphatic rings. The summed E-state index contributed by atoms with van der Waals surface area (Å²) in [6, 6.07) is 1.04. The maximum atomic E-state index is 12.4. The number of hydrogen-bond acceptors (Lipinski definition) is 3.